The van der Waals surface area contributed by atoms with Gasteiger partial charge in [0.05, 0.1) is 5.38 Å². The first-order chi connectivity index (χ1) is 9.47. The molecule has 7 heteroatoms. The minimum absolute atomic E-state index is 0.0481. The van der Waals surface area contributed by atoms with E-state index in [2.05, 4.69) is 5.32 Å². The van der Waals surface area contributed by atoms with E-state index in [1.54, 1.807) is 29.2 Å². The molecule has 1 aromatic carbocycles. The van der Waals surface area contributed by atoms with Crippen molar-refractivity contribution in [2.75, 3.05) is 18.0 Å². The predicted molar refractivity (Wildman–Crippen MR) is 73.0 cm³/mol. The fourth-order valence-corrected chi connectivity index (χ4v) is 2.23. The molecule has 0 spiro atoms. The molecule has 20 heavy (non-hydrogen) atoms. The summed E-state index contributed by atoms with van der Waals surface area (Å²) in [6.45, 7) is 0.0179. The molecule has 1 atom stereocenters. The average molecular weight is 297 g/mol. The molecule has 106 valence electrons. The topological polar surface area (TPSA) is 86.7 Å². The van der Waals surface area contributed by atoms with Gasteiger partial charge in [-0.1, -0.05) is 0 Å². The van der Waals surface area contributed by atoms with Gasteiger partial charge in [0.2, 0.25) is 5.91 Å². The molecule has 2 N–H and O–H groups in total. The Labute approximate surface area is 120 Å². The van der Waals surface area contributed by atoms with Crippen molar-refractivity contribution in [1.82, 2.24) is 5.32 Å². The van der Waals surface area contributed by atoms with Gasteiger partial charge in [0.25, 0.3) is 5.91 Å². The summed E-state index contributed by atoms with van der Waals surface area (Å²) in [5.74, 6) is -1.62. The minimum atomic E-state index is -1.11. The highest BCUT2D eigenvalue weighted by molar-refractivity contribution is 6.24. The molecule has 0 radical (unpaired) electrons. The first-order valence-corrected chi connectivity index (χ1v) is 6.45. The van der Waals surface area contributed by atoms with Gasteiger partial charge in [0, 0.05) is 24.2 Å². The van der Waals surface area contributed by atoms with Crippen molar-refractivity contribution < 1.29 is 19.5 Å². The van der Waals surface area contributed by atoms with E-state index in [0.29, 0.717) is 24.2 Å². The maximum absolute atomic E-state index is 11.7. The zero-order valence-corrected chi connectivity index (χ0v) is 11.3. The lowest BCUT2D eigenvalue weighted by molar-refractivity contribution is -0.135. The van der Waals surface area contributed by atoms with Crippen LogP contribution in [-0.2, 0) is 9.59 Å². The van der Waals surface area contributed by atoms with Gasteiger partial charge in [0.15, 0.2) is 0 Å². The highest BCUT2D eigenvalue weighted by Gasteiger charge is 2.29. The summed E-state index contributed by atoms with van der Waals surface area (Å²) in [6.07, 6.45) is 0.308. The molecule has 1 fully saturated rings. The first kappa shape index (κ1) is 14.3. The number of benzene rings is 1. The van der Waals surface area contributed by atoms with Crippen LogP contribution in [0.3, 0.4) is 0 Å². The van der Waals surface area contributed by atoms with Crippen molar-refractivity contribution in [2.24, 2.45) is 0 Å². The van der Waals surface area contributed by atoms with Gasteiger partial charge in [-0.3, -0.25) is 14.4 Å². The van der Waals surface area contributed by atoms with Gasteiger partial charge in [0.1, 0.15) is 6.54 Å². The largest absolute Gasteiger partial charge is 0.480 e. The number of aliphatic carboxylic acids is 1. The number of anilines is 1. The van der Waals surface area contributed by atoms with Gasteiger partial charge in [-0.25, -0.2) is 0 Å². The molecule has 2 rings (SSSR count). The molecule has 0 saturated carbocycles. The molecule has 6 nitrogen and oxygen atoms in total. The number of carboxylic acid groups (broad SMARTS) is 1. The Bertz CT molecular complexity index is 544. The third kappa shape index (κ3) is 3.27. The van der Waals surface area contributed by atoms with Crippen LogP contribution in [0.25, 0.3) is 0 Å². The summed E-state index contributed by atoms with van der Waals surface area (Å²) in [4.78, 5) is 35.2. The third-order valence-corrected chi connectivity index (χ3v) is 3.21. The molecular weight excluding hydrogens is 284 g/mol. The Balaban J connectivity index is 2.05. The second kappa shape index (κ2) is 5.92. The lowest BCUT2D eigenvalue weighted by atomic mass is 10.2. The summed E-state index contributed by atoms with van der Waals surface area (Å²) in [7, 11) is 0. The maximum Gasteiger partial charge on any atom is 0.322 e. The van der Waals surface area contributed by atoms with Crippen LogP contribution in [0.2, 0.25) is 0 Å². The van der Waals surface area contributed by atoms with Crippen LogP contribution >= 0.6 is 11.6 Å². The zero-order chi connectivity index (χ0) is 14.7. The number of amides is 2. The smallest absolute Gasteiger partial charge is 0.322 e. The van der Waals surface area contributed by atoms with Crippen molar-refractivity contribution >= 4 is 35.1 Å². The molecule has 2 amide bonds. The number of carbonyl (C=O) groups is 3. The van der Waals surface area contributed by atoms with Crippen molar-refractivity contribution in [1.29, 1.82) is 0 Å². The number of nitrogens with one attached hydrogen (secondary N) is 1. The quantitative estimate of drug-likeness (QED) is 0.806. The molecule has 1 aromatic rings. The Kier molecular flexibility index (Phi) is 4.24. The van der Waals surface area contributed by atoms with Crippen molar-refractivity contribution in [3.63, 3.8) is 0 Å². The van der Waals surface area contributed by atoms with E-state index in [9.17, 15) is 14.4 Å². The van der Waals surface area contributed by atoms with Crippen LogP contribution in [-0.4, -0.2) is 41.4 Å². The minimum Gasteiger partial charge on any atom is -0.480 e. The van der Waals surface area contributed by atoms with E-state index < -0.39 is 18.4 Å². The van der Waals surface area contributed by atoms with E-state index in [1.165, 1.54) is 0 Å². The number of carbonyl (C=O) groups excluding carboxylic acids is 2. The second-order valence-electron chi connectivity index (χ2n) is 4.43. The van der Waals surface area contributed by atoms with Crippen LogP contribution in [0, 0.1) is 0 Å². The second-order valence-corrected chi connectivity index (χ2v) is 5.05. The normalized spacial score (nSPS) is 18.1. The fraction of sp³-hybridized carbons (Fsp3) is 0.308. The predicted octanol–water partition coefficient (Wildman–Crippen LogP) is 0.845. The number of hydrogen-bond acceptors (Lipinski definition) is 3. The summed E-state index contributed by atoms with van der Waals surface area (Å²) in [5.41, 5.74) is 1.01. The first-order valence-electron chi connectivity index (χ1n) is 6.02. The van der Waals surface area contributed by atoms with Crippen LogP contribution in [0.5, 0.6) is 0 Å². The number of nitrogens with zero attached hydrogens (tertiary/aromatic N) is 1. The summed E-state index contributed by atoms with van der Waals surface area (Å²) < 4.78 is 0. The summed E-state index contributed by atoms with van der Waals surface area (Å²) >= 11 is 5.92. The average Bonchev–Trinajstić information content (AvgIpc) is 2.75. The van der Waals surface area contributed by atoms with E-state index in [1.807, 2.05) is 0 Å². The molecule has 1 aliphatic rings. The fourth-order valence-electron chi connectivity index (χ4n) is 1.96. The van der Waals surface area contributed by atoms with Crippen molar-refractivity contribution in [2.45, 2.75) is 11.8 Å². The monoisotopic (exact) mass is 296 g/mol. The lowest BCUT2D eigenvalue weighted by Gasteiger charge is -2.16. The molecule has 0 bridgehead atoms. The lowest BCUT2D eigenvalue weighted by Crippen LogP contribution is -2.29. The van der Waals surface area contributed by atoms with E-state index >= 15 is 0 Å². The SMILES string of the molecule is O=C(O)CNC(=O)c1ccc(N2CC(Cl)CC2=O)cc1. The van der Waals surface area contributed by atoms with Gasteiger partial charge in [-0.05, 0) is 24.3 Å². The van der Waals surface area contributed by atoms with Gasteiger partial charge in [-0.15, -0.1) is 11.6 Å². The molecule has 1 unspecified atom stereocenters. The van der Waals surface area contributed by atoms with Crippen LogP contribution < -0.4 is 10.2 Å². The van der Waals surface area contributed by atoms with E-state index in [-0.39, 0.29) is 11.3 Å². The van der Waals surface area contributed by atoms with Crippen molar-refractivity contribution in [3.8, 4) is 0 Å². The number of rotatable bonds is 4. The van der Waals surface area contributed by atoms with Crippen molar-refractivity contribution in [3.05, 3.63) is 29.8 Å². The number of halogens is 1. The molecule has 0 aliphatic carbocycles. The summed E-state index contributed by atoms with van der Waals surface area (Å²) in [5, 5.41) is 10.5. The maximum atomic E-state index is 11.7. The number of alkyl halides is 1. The van der Waals surface area contributed by atoms with E-state index in [0.717, 1.165) is 0 Å². The van der Waals surface area contributed by atoms with Gasteiger partial charge >= 0.3 is 5.97 Å². The van der Waals surface area contributed by atoms with Gasteiger partial charge in [-0.2, -0.15) is 0 Å². The molecule has 0 aromatic heterocycles. The Hall–Kier alpha value is -2.08. The molecule has 1 saturated heterocycles. The third-order valence-electron chi connectivity index (χ3n) is 2.92. The molecular formula is C13H13ClN2O4. The highest BCUT2D eigenvalue weighted by Crippen LogP contribution is 2.24. The molecule has 1 aliphatic heterocycles. The standard InChI is InChI=1S/C13H13ClN2O4/c14-9-5-11(17)16(7-9)10-3-1-8(2-4-10)13(20)15-6-12(18)19/h1-4,9H,5-7H2,(H,15,20)(H,18,19). The number of carboxylic acids is 1. The Morgan fingerprint density at radius 3 is 2.50 bits per heavy atom. The van der Waals surface area contributed by atoms with Gasteiger partial charge < -0.3 is 15.3 Å². The number of hydrogen-bond donors (Lipinski definition) is 2. The molecule has 1 heterocycles. The van der Waals surface area contributed by atoms with Crippen LogP contribution in [0.15, 0.2) is 24.3 Å². The zero-order valence-electron chi connectivity index (χ0n) is 10.5. The van der Waals surface area contributed by atoms with Crippen LogP contribution in [0.1, 0.15) is 16.8 Å². The summed E-state index contributed by atoms with van der Waals surface area (Å²) in [6, 6.07) is 6.37. The Morgan fingerprint density at radius 1 is 1.35 bits per heavy atom. The highest BCUT2D eigenvalue weighted by atomic mass is 35.5. The van der Waals surface area contributed by atoms with Crippen LogP contribution in [0.4, 0.5) is 5.69 Å². The van der Waals surface area contributed by atoms with E-state index in [4.69, 9.17) is 16.7 Å². The Morgan fingerprint density at radius 2 is 2.00 bits per heavy atom.